The van der Waals surface area contributed by atoms with Gasteiger partial charge in [0.1, 0.15) is 5.78 Å². The number of hydrogen-bond acceptors (Lipinski definition) is 4. The molecule has 2 rings (SSSR count). The van der Waals surface area contributed by atoms with Crippen LogP contribution in [0.3, 0.4) is 0 Å². The first kappa shape index (κ1) is 16.9. The van der Waals surface area contributed by atoms with Crippen molar-refractivity contribution in [2.24, 2.45) is 0 Å². The molecule has 122 valence electrons. The van der Waals surface area contributed by atoms with Gasteiger partial charge in [-0.1, -0.05) is 29.8 Å². The Labute approximate surface area is 137 Å². The Bertz CT molecular complexity index is 649. The quantitative estimate of drug-likeness (QED) is 0.786. The van der Waals surface area contributed by atoms with Crippen molar-refractivity contribution in [3.05, 3.63) is 53.1 Å². The number of methoxy groups -OCH3 is 3. The molecule has 0 aliphatic carbocycles. The van der Waals surface area contributed by atoms with Crippen molar-refractivity contribution >= 4 is 5.78 Å². The molecule has 0 heterocycles. The summed E-state index contributed by atoms with van der Waals surface area (Å²) in [4.78, 5) is 12.3. The highest BCUT2D eigenvalue weighted by Crippen LogP contribution is 2.38. The van der Waals surface area contributed by atoms with Crippen molar-refractivity contribution < 1.29 is 19.0 Å². The molecule has 0 aliphatic heterocycles. The summed E-state index contributed by atoms with van der Waals surface area (Å²) >= 11 is 0. The Morgan fingerprint density at radius 1 is 0.826 bits per heavy atom. The number of ketones is 1. The Morgan fingerprint density at radius 3 is 1.83 bits per heavy atom. The molecule has 4 heteroatoms. The first-order valence-electron chi connectivity index (χ1n) is 7.43. The topological polar surface area (TPSA) is 44.8 Å². The first-order chi connectivity index (χ1) is 11.1. The lowest BCUT2D eigenvalue weighted by Crippen LogP contribution is -2.07. The normalized spacial score (nSPS) is 10.3. The van der Waals surface area contributed by atoms with Gasteiger partial charge >= 0.3 is 0 Å². The van der Waals surface area contributed by atoms with Crippen LogP contribution in [0.1, 0.15) is 16.7 Å². The van der Waals surface area contributed by atoms with Crippen LogP contribution in [0.2, 0.25) is 0 Å². The molecule has 0 radical (unpaired) electrons. The average molecular weight is 314 g/mol. The van der Waals surface area contributed by atoms with E-state index in [2.05, 4.69) is 0 Å². The number of aryl methyl sites for hydroxylation is 1. The minimum atomic E-state index is 0.142. The molecule has 0 unspecified atom stereocenters. The number of rotatable bonds is 7. The second-order valence-electron chi connectivity index (χ2n) is 5.41. The maximum absolute atomic E-state index is 12.3. The smallest absolute Gasteiger partial charge is 0.203 e. The van der Waals surface area contributed by atoms with Gasteiger partial charge in [-0.2, -0.15) is 0 Å². The molecule has 0 bridgehead atoms. The third-order valence-corrected chi connectivity index (χ3v) is 3.65. The van der Waals surface area contributed by atoms with Crippen molar-refractivity contribution in [1.29, 1.82) is 0 Å². The average Bonchev–Trinajstić information content (AvgIpc) is 2.55. The van der Waals surface area contributed by atoms with Crippen LogP contribution < -0.4 is 14.2 Å². The van der Waals surface area contributed by atoms with Crippen molar-refractivity contribution in [2.45, 2.75) is 19.8 Å². The number of Topliss-reactive ketones (excluding diaryl/α,β-unsaturated/α-hetero) is 1. The lowest BCUT2D eigenvalue weighted by Gasteiger charge is -2.14. The highest BCUT2D eigenvalue weighted by molar-refractivity contribution is 5.83. The molecule has 0 fully saturated rings. The van der Waals surface area contributed by atoms with E-state index in [1.165, 1.54) is 5.56 Å². The van der Waals surface area contributed by atoms with Gasteiger partial charge in [0.15, 0.2) is 11.5 Å². The minimum absolute atomic E-state index is 0.142. The van der Waals surface area contributed by atoms with Crippen LogP contribution in [-0.2, 0) is 17.6 Å². The molecule has 0 saturated carbocycles. The van der Waals surface area contributed by atoms with Gasteiger partial charge in [0.25, 0.3) is 0 Å². The van der Waals surface area contributed by atoms with Crippen LogP contribution in [0, 0.1) is 6.92 Å². The predicted molar refractivity (Wildman–Crippen MR) is 89.7 cm³/mol. The molecule has 0 saturated heterocycles. The molecular weight excluding hydrogens is 292 g/mol. The zero-order valence-electron chi connectivity index (χ0n) is 14.0. The van der Waals surface area contributed by atoms with E-state index in [1.54, 1.807) is 21.3 Å². The van der Waals surface area contributed by atoms with E-state index < -0.39 is 0 Å². The third-order valence-electron chi connectivity index (χ3n) is 3.65. The van der Waals surface area contributed by atoms with E-state index in [9.17, 15) is 4.79 Å². The van der Waals surface area contributed by atoms with E-state index in [-0.39, 0.29) is 5.78 Å². The lowest BCUT2D eigenvalue weighted by molar-refractivity contribution is -0.117. The second-order valence-corrected chi connectivity index (χ2v) is 5.41. The van der Waals surface area contributed by atoms with E-state index >= 15 is 0 Å². The number of hydrogen-bond donors (Lipinski definition) is 0. The molecule has 0 aromatic heterocycles. The molecule has 0 spiro atoms. The molecule has 23 heavy (non-hydrogen) atoms. The number of benzene rings is 2. The summed E-state index contributed by atoms with van der Waals surface area (Å²) in [6, 6.07) is 11.6. The fourth-order valence-corrected chi connectivity index (χ4v) is 2.46. The maximum Gasteiger partial charge on any atom is 0.203 e. The standard InChI is InChI=1S/C19H22O4/c1-13-5-7-14(8-6-13)9-16(20)10-15-11-17(21-2)19(23-4)18(12-15)22-3/h5-8,11-12H,9-10H2,1-4H3. The van der Waals surface area contributed by atoms with E-state index in [4.69, 9.17) is 14.2 Å². The van der Waals surface area contributed by atoms with Gasteiger partial charge in [-0.3, -0.25) is 4.79 Å². The van der Waals surface area contributed by atoms with Crippen LogP contribution in [0.4, 0.5) is 0 Å². The van der Waals surface area contributed by atoms with Crippen LogP contribution in [0.25, 0.3) is 0 Å². The number of carbonyl (C=O) groups is 1. The van der Waals surface area contributed by atoms with Crippen LogP contribution in [-0.4, -0.2) is 27.1 Å². The molecule has 0 atom stereocenters. The highest BCUT2D eigenvalue weighted by atomic mass is 16.5. The molecule has 0 amide bonds. The monoisotopic (exact) mass is 314 g/mol. The number of ether oxygens (including phenoxy) is 3. The van der Waals surface area contributed by atoms with E-state index in [1.807, 2.05) is 43.3 Å². The molecule has 0 aliphatic rings. The Kier molecular flexibility index (Phi) is 5.63. The predicted octanol–water partition coefficient (Wildman–Crippen LogP) is 3.38. The molecule has 4 nitrogen and oxygen atoms in total. The van der Waals surface area contributed by atoms with Crippen LogP contribution >= 0.6 is 0 Å². The van der Waals surface area contributed by atoms with E-state index in [0.717, 1.165) is 11.1 Å². The Hall–Kier alpha value is -2.49. The minimum Gasteiger partial charge on any atom is -0.493 e. The summed E-state index contributed by atoms with van der Waals surface area (Å²) in [6.45, 7) is 2.03. The fraction of sp³-hybridized carbons (Fsp3) is 0.316. The van der Waals surface area contributed by atoms with Crippen LogP contribution in [0.5, 0.6) is 17.2 Å². The van der Waals surface area contributed by atoms with Gasteiger partial charge in [-0.15, -0.1) is 0 Å². The van der Waals surface area contributed by atoms with Gasteiger partial charge in [-0.05, 0) is 30.2 Å². The lowest BCUT2D eigenvalue weighted by atomic mass is 10.0. The third kappa shape index (κ3) is 4.25. The summed E-state index contributed by atoms with van der Waals surface area (Å²) in [6.07, 6.45) is 0.738. The summed E-state index contributed by atoms with van der Waals surface area (Å²) in [5, 5.41) is 0. The second kappa shape index (κ2) is 7.68. The Morgan fingerprint density at radius 2 is 1.35 bits per heavy atom. The van der Waals surface area contributed by atoms with Gasteiger partial charge in [0.2, 0.25) is 5.75 Å². The maximum atomic E-state index is 12.3. The molecule has 2 aromatic rings. The molecule has 2 aromatic carbocycles. The van der Waals surface area contributed by atoms with Gasteiger partial charge in [0.05, 0.1) is 21.3 Å². The number of carbonyl (C=O) groups excluding carboxylic acids is 1. The van der Waals surface area contributed by atoms with Crippen molar-refractivity contribution in [3.8, 4) is 17.2 Å². The summed E-state index contributed by atoms with van der Waals surface area (Å²) in [7, 11) is 4.69. The zero-order chi connectivity index (χ0) is 16.8. The van der Waals surface area contributed by atoms with Crippen molar-refractivity contribution in [1.82, 2.24) is 0 Å². The molecule has 0 N–H and O–H groups in total. The van der Waals surface area contributed by atoms with Crippen LogP contribution in [0.15, 0.2) is 36.4 Å². The Balaban J connectivity index is 2.15. The van der Waals surface area contributed by atoms with Gasteiger partial charge < -0.3 is 14.2 Å². The summed E-state index contributed by atoms with van der Waals surface area (Å²) in [5.74, 6) is 1.79. The van der Waals surface area contributed by atoms with Gasteiger partial charge in [-0.25, -0.2) is 0 Å². The van der Waals surface area contributed by atoms with Gasteiger partial charge in [0, 0.05) is 12.8 Å². The summed E-state index contributed by atoms with van der Waals surface area (Å²) < 4.78 is 15.9. The largest absolute Gasteiger partial charge is 0.493 e. The molecular formula is C19H22O4. The summed E-state index contributed by atoms with van der Waals surface area (Å²) in [5.41, 5.74) is 3.05. The first-order valence-corrected chi connectivity index (χ1v) is 7.43. The van der Waals surface area contributed by atoms with E-state index in [0.29, 0.717) is 30.1 Å². The highest BCUT2D eigenvalue weighted by Gasteiger charge is 2.15. The zero-order valence-corrected chi connectivity index (χ0v) is 14.0. The van der Waals surface area contributed by atoms with Crippen molar-refractivity contribution in [2.75, 3.05) is 21.3 Å². The fourth-order valence-electron chi connectivity index (χ4n) is 2.46. The SMILES string of the molecule is COc1cc(CC(=O)Cc2ccc(C)cc2)cc(OC)c1OC. The van der Waals surface area contributed by atoms with Crippen molar-refractivity contribution in [3.63, 3.8) is 0 Å².